The monoisotopic (exact) mass is 330 g/mol. The minimum atomic E-state index is 0.315. The Labute approximate surface area is 143 Å². The minimum Gasteiger partial charge on any atom is -0.454 e. The molecule has 6 nitrogen and oxygen atoms in total. The van der Waals surface area contributed by atoms with E-state index in [0.717, 1.165) is 49.1 Å². The molecule has 0 aliphatic carbocycles. The highest BCUT2D eigenvalue weighted by molar-refractivity contribution is 5.48. The largest absolute Gasteiger partial charge is 0.454 e. The maximum Gasteiger partial charge on any atom is 0.231 e. The Balaban J connectivity index is 1.77. The fourth-order valence-electron chi connectivity index (χ4n) is 2.81. The molecule has 0 spiro atoms. The standard InChI is InChI=1S/C18H26N4O2/c1-13-7-17-18(24-12-23-17)8-15(13)9-22(6-5-21(3)4)10-16-14(2)19-11-20-16/h7-8,11H,5-6,9-10,12H2,1-4H3,(H,19,20). The third-order valence-electron chi connectivity index (χ3n) is 4.40. The number of aromatic amines is 1. The van der Waals surface area contributed by atoms with Crippen LogP contribution in [-0.4, -0.2) is 53.7 Å². The summed E-state index contributed by atoms with van der Waals surface area (Å²) in [5, 5.41) is 0. The lowest BCUT2D eigenvalue weighted by atomic mass is 10.1. The molecule has 130 valence electrons. The molecule has 0 atom stereocenters. The van der Waals surface area contributed by atoms with Crippen LogP contribution in [0.3, 0.4) is 0 Å². The van der Waals surface area contributed by atoms with Crippen LogP contribution in [0.5, 0.6) is 11.5 Å². The summed E-state index contributed by atoms with van der Waals surface area (Å²) in [5.41, 5.74) is 4.73. The Morgan fingerprint density at radius 1 is 1.08 bits per heavy atom. The molecular formula is C18H26N4O2. The van der Waals surface area contributed by atoms with Crippen molar-refractivity contribution < 1.29 is 9.47 Å². The van der Waals surface area contributed by atoms with Gasteiger partial charge in [0.25, 0.3) is 0 Å². The van der Waals surface area contributed by atoms with Gasteiger partial charge in [-0.15, -0.1) is 0 Å². The van der Waals surface area contributed by atoms with E-state index in [1.54, 1.807) is 6.33 Å². The molecule has 0 bridgehead atoms. The second kappa shape index (κ2) is 7.23. The van der Waals surface area contributed by atoms with Gasteiger partial charge in [0.15, 0.2) is 11.5 Å². The van der Waals surface area contributed by atoms with Gasteiger partial charge in [0.05, 0.1) is 12.0 Å². The zero-order valence-corrected chi connectivity index (χ0v) is 14.9. The second-order valence-electron chi connectivity index (χ2n) is 6.62. The lowest BCUT2D eigenvalue weighted by Crippen LogP contribution is -2.31. The van der Waals surface area contributed by atoms with E-state index in [2.05, 4.69) is 59.8 Å². The number of hydrogen-bond donors (Lipinski definition) is 1. The van der Waals surface area contributed by atoms with Gasteiger partial charge in [-0.25, -0.2) is 4.98 Å². The van der Waals surface area contributed by atoms with Crippen LogP contribution in [0, 0.1) is 13.8 Å². The lowest BCUT2D eigenvalue weighted by Gasteiger charge is -2.24. The predicted molar refractivity (Wildman–Crippen MR) is 93.3 cm³/mol. The van der Waals surface area contributed by atoms with Crippen molar-refractivity contribution in [2.75, 3.05) is 34.0 Å². The summed E-state index contributed by atoms with van der Waals surface area (Å²) >= 11 is 0. The van der Waals surface area contributed by atoms with E-state index in [0.29, 0.717) is 6.79 Å². The molecule has 0 amide bonds. The highest BCUT2D eigenvalue weighted by Gasteiger charge is 2.18. The number of H-pyrrole nitrogens is 1. The van der Waals surface area contributed by atoms with Gasteiger partial charge in [-0.2, -0.15) is 0 Å². The van der Waals surface area contributed by atoms with Crippen molar-refractivity contribution in [1.29, 1.82) is 0 Å². The molecule has 1 aromatic heterocycles. The first-order chi connectivity index (χ1) is 11.5. The molecule has 1 aliphatic heterocycles. The molecule has 6 heteroatoms. The van der Waals surface area contributed by atoms with Crippen LogP contribution < -0.4 is 9.47 Å². The maximum absolute atomic E-state index is 5.53. The van der Waals surface area contributed by atoms with Crippen molar-refractivity contribution in [1.82, 2.24) is 19.8 Å². The molecule has 1 aromatic carbocycles. The van der Waals surface area contributed by atoms with Gasteiger partial charge >= 0.3 is 0 Å². The molecule has 24 heavy (non-hydrogen) atoms. The van der Waals surface area contributed by atoms with Crippen LogP contribution in [0.4, 0.5) is 0 Å². The van der Waals surface area contributed by atoms with Crippen molar-refractivity contribution in [3.05, 3.63) is 41.0 Å². The molecule has 0 unspecified atom stereocenters. The summed E-state index contributed by atoms with van der Waals surface area (Å²) in [7, 11) is 4.20. The van der Waals surface area contributed by atoms with Gasteiger partial charge in [-0.1, -0.05) is 0 Å². The average molecular weight is 330 g/mol. The average Bonchev–Trinajstić information content (AvgIpc) is 3.14. The summed E-state index contributed by atoms with van der Waals surface area (Å²) in [6.07, 6.45) is 1.76. The summed E-state index contributed by atoms with van der Waals surface area (Å²) in [6.45, 7) is 8.19. The predicted octanol–water partition coefficient (Wildman–Crippen LogP) is 2.32. The molecule has 0 saturated heterocycles. The van der Waals surface area contributed by atoms with Crippen molar-refractivity contribution in [3.63, 3.8) is 0 Å². The van der Waals surface area contributed by atoms with Gasteiger partial charge in [0.2, 0.25) is 6.79 Å². The van der Waals surface area contributed by atoms with Gasteiger partial charge < -0.3 is 19.4 Å². The van der Waals surface area contributed by atoms with E-state index in [4.69, 9.17) is 9.47 Å². The van der Waals surface area contributed by atoms with Crippen LogP contribution >= 0.6 is 0 Å². The van der Waals surface area contributed by atoms with Gasteiger partial charge in [-0.05, 0) is 51.2 Å². The number of imidazole rings is 1. The minimum absolute atomic E-state index is 0.315. The molecule has 3 rings (SSSR count). The Kier molecular flexibility index (Phi) is 5.06. The fourth-order valence-corrected chi connectivity index (χ4v) is 2.81. The summed E-state index contributed by atoms with van der Waals surface area (Å²) in [4.78, 5) is 12.2. The van der Waals surface area contributed by atoms with Crippen LogP contribution in [0.2, 0.25) is 0 Å². The topological polar surface area (TPSA) is 53.6 Å². The first-order valence-electron chi connectivity index (χ1n) is 8.28. The van der Waals surface area contributed by atoms with Crippen molar-refractivity contribution in [2.24, 2.45) is 0 Å². The molecule has 0 radical (unpaired) electrons. The smallest absolute Gasteiger partial charge is 0.231 e. The first-order valence-corrected chi connectivity index (χ1v) is 8.28. The summed E-state index contributed by atoms with van der Waals surface area (Å²) in [5.74, 6) is 1.69. The number of nitrogens with zero attached hydrogens (tertiary/aromatic N) is 3. The van der Waals surface area contributed by atoms with Gasteiger partial charge in [0.1, 0.15) is 0 Å². The molecule has 2 aromatic rings. The number of aryl methyl sites for hydroxylation is 2. The zero-order chi connectivity index (χ0) is 17.1. The SMILES string of the molecule is Cc1cc2c(cc1CN(CCN(C)C)Cc1nc[nH]c1C)OCO2. The Bertz CT molecular complexity index is 696. The quantitative estimate of drug-likeness (QED) is 0.844. The van der Waals surface area contributed by atoms with Crippen molar-refractivity contribution in [2.45, 2.75) is 26.9 Å². The summed E-state index contributed by atoms with van der Waals surface area (Å²) in [6, 6.07) is 4.18. The van der Waals surface area contributed by atoms with Crippen LogP contribution in [0.25, 0.3) is 0 Å². The third kappa shape index (κ3) is 3.88. The van der Waals surface area contributed by atoms with E-state index < -0.39 is 0 Å². The Morgan fingerprint density at radius 2 is 1.83 bits per heavy atom. The van der Waals surface area contributed by atoms with Crippen molar-refractivity contribution >= 4 is 0 Å². The van der Waals surface area contributed by atoms with E-state index in [1.165, 1.54) is 11.1 Å². The highest BCUT2D eigenvalue weighted by atomic mass is 16.7. The molecule has 1 aliphatic rings. The van der Waals surface area contributed by atoms with Gasteiger partial charge in [0, 0.05) is 31.9 Å². The number of nitrogens with one attached hydrogen (secondary N) is 1. The first kappa shape index (κ1) is 16.8. The maximum atomic E-state index is 5.53. The Hall–Kier alpha value is -2.05. The van der Waals surface area contributed by atoms with E-state index >= 15 is 0 Å². The number of aromatic nitrogens is 2. The third-order valence-corrected chi connectivity index (χ3v) is 4.40. The van der Waals surface area contributed by atoms with E-state index in [9.17, 15) is 0 Å². The van der Waals surface area contributed by atoms with E-state index in [1.807, 2.05) is 0 Å². The molecular weight excluding hydrogens is 304 g/mol. The molecule has 2 heterocycles. The number of hydrogen-bond acceptors (Lipinski definition) is 5. The molecule has 1 N–H and O–H groups in total. The fraction of sp³-hybridized carbons (Fsp3) is 0.500. The number of ether oxygens (including phenoxy) is 2. The summed E-state index contributed by atoms with van der Waals surface area (Å²) < 4.78 is 11.0. The normalized spacial score (nSPS) is 13.2. The van der Waals surface area contributed by atoms with Crippen LogP contribution in [0.15, 0.2) is 18.5 Å². The molecule has 0 fully saturated rings. The highest BCUT2D eigenvalue weighted by Crippen LogP contribution is 2.35. The number of rotatable bonds is 7. The second-order valence-corrected chi connectivity index (χ2v) is 6.62. The van der Waals surface area contributed by atoms with Crippen LogP contribution in [-0.2, 0) is 13.1 Å². The number of likely N-dealkylation sites (N-methyl/N-ethyl adjacent to an activating group) is 1. The van der Waals surface area contributed by atoms with E-state index in [-0.39, 0.29) is 0 Å². The number of fused-ring (bicyclic) bond motifs is 1. The number of benzene rings is 1. The zero-order valence-electron chi connectivity index (χ0n) is 14.9. The van der Waals surface area contributed by atoms with Crippen LogP contribution in [0.1, 0.15) is 22.5 Å². The van der Waals surface area contributed by atoms with Crippen molar-refractivity contribution in [3.8, 4) is 11.5 Å². The molecule has 0 saturated carbocycles. The Morgan fingerprint density at radius 3 is 2.50 bits per heavy atom. The lowest BCUT2D eigenvalue weighted by molar-refractivity contribution is 0.174. The van der Waals surface area contributed by atoms with Gasteiger partial charge in [-0.3, -0.25) is 4.90 Å².